The summed E-state index contributed by atoms with van der Waals surface area (Å²) in [5.74, 6) is -1.85. The van der Waals surface area contributed by atoms with E-state index in [9.17, 15) is 14.4 Å². The normalized spacial score (nSPS) is 12.1. The Hall–Kier alpha value is -3.43. The van der Waals surface area contributed by atoms with E-state index in [1.54, 1.807) is 35.8 Å². The van der Waals surface area contributed by atoms with Crippen molar-refractivity contribution in [1.82, 2.24) is 4.98 Å². The van der Waals surface area contributed by atoms with Crippen LogP contribution in [0.15, 0.2) is 82.7 Å². The number of hydrogen-bond donors (Lipinski definition) is 3. The van der Waals surface area contributed by atoms with Crippen LogP contribution in [-0.2, 0) is 14.4 Å². The van der Waals surface area contributed by atoms with Gasteiger partial charge in [-0.05, 0) is 36.8 Å². The molecule has 0 bridgehead atoms. The first kappa shape index (κ1) is 22.3. The molecule has 0 aliphatic rings. The minimum Gasteiger partial charge on any atom is -0.478 e. The van der Waals surface area contributed by atoms with Gasteiger partial charge in [0.15, 0.2) is 5.13 Å². The quantitative estimate of drug-likeness (QED) is 0.340. The van der Waals surface area contributed by atoms with Gasteiger partial charge in [0.25, 0.3) is 0 Å². The monoisotopic (exact) mass is 453 g/mol. The molecule has 2 amide bonds. The van der Waals surface area contributed by atoms with Gasteiger partial charge in [-0.15, -0.1) is 23.1 Å². The lowest BCUT2D eigenvalue weighted by molar-refractivity contribution is -0.132. The molecule has 1 heterocycles. The van der Waals surface area contributed by atoms with Crippen molar-refractivity contribution >= 4 is 51.7 Å². The second-order valence-electron chi connectivity index (χ2n) is 6.38. The lowest BCUT2D eigenvalue weighted by Crippen LogP contribution is -2.18. The molecule has 0 aliphatic heterocycles. The fraction of sp³-hybridized carbons (Fsp3) is 0.0909. The van der Waals surface area contributed by atoms with Crippen molar-refractivity contribution in [2.45, 2.75) is 17.1 Å². The first-order chi connectivity index (χ1) is 14.9. The summed E-state index contributed by atoms with van der Waals surface area (Å²) in [4.78, 5) is 40.6. The molecule has 2 aromatic carbocycles. The number of carboxylic acid groups (broad SMARTS) is 1. The van der Waals surface area contributed by atoms with Gasteiger partial charge in [-0.25, -0.2) is 9.78 Å². The second-order valence-corrected chi connectivity index (χ2v) is 8.45. The third kappa shape index (κ3) is 6.53. The Morgan fingerprint density at radius 1 is 1.06 bits per heavy atom. The first-order valence-corrected chi connectivity index (χ1v) is 10.9. The van der Waals surface area contributed by atoms with Crippen molar-refractivity contribution in [2.75, 3.05) is 10.6 Å². The van der Waals surface area contributed by atoms with E-state index in [-0.39, 0.29) is 11.5 Å². The van der Waals surface area contributed by atoms with Crippen LogP contribution in [-0.4, -0.2) is 27.9 Å². The van der Waals surface area contributed by atoms with Crippen molar-refractivity contribution in [1.29, 1.82) is 0 Å². The van der Waals surface area contributed by atoms with E-state index in [0.717, 1.165) is 16.5 Å². The molecular weight excluding hydrogens is 434 g/mol. The number of nitrogens with zero attached hydrogens (tertiary/aromatic N) is 1. The Kier molecular flexibility index (Phi) is 7.58. The van der Waals surface area contributed by atoms with E-state index in [1.165, 1.54) is 30.0 Å². The molecule has 1 aromatic heterocycles. The highest BCUT2D eigenvalue weighted by Gasteiger charge is 2.22. The summed E-state index contributed by atoms with van der Waals surface area (Å²) in [5, 5.41) is 16.1. The summed E-state index contributed by atoms with van der Waals surface area (Å²) < 4.78 is 0. The molecule has 0 unspecified atom stereocenters. The zero-order valence-electron chi connectivity index (χ0n) is 16.4. The average molecular weight is 454 g/mol. The molecule has 0 aliphatic carbocycles. The van der Waals surface area contributed by atoms with Gasteiger partial charge in [-0.3, -0.25) is 9.59 Å². The molecule has 0 saturated heterocycles. The number of benzene rings is 2. The van der Waals surface area contributed by atoms with Gasteiger partial charge in [0.05, 0.1) is 0 Å². The fourth-order valence-electron chi connectivity index (χ4n) is 2.55. The van der Waals surface area contributed by atoms with Crippen LogP contribution in [0.2, 0.25) is 0 Å². The Balaban J connectivity index is 1.72. The van der Waals surface area contributed by atoms with Gasteiger partial charge < -0.3 is 15.7 Å². The maximum atomic E-state index is 12.9. The number of nitrogens with one attached hydrogen (secondary N) is 2. The Bertz CT molecular complexity index is 1080. The highest BCUT2D eigenvalue weighted by molar-refractivity contribution is 8.00. The van der Waals surface area contributed by atoms with Crippen molar-refractivity contribution in [3.05, 3.63) is 83.4 Å². The number of thiazole rings is 1. The molecule has 9 heteroatoms. The lowest BCUT2D eigenvalue weighted by Gasteiger charge is -2.16. The summed E-state index contributed by atoms with van der Waals surface area (Å²) in [6.45, 7) is 1.35. The Morgan fingerprint density at radius 3 is 2.39 bits per heavy atom. The zero-order chi connectivity index (χ0) is 22.2. The van der Waals surface area contributed by atoms with Crippen molar-refractivity contribution in [2.24, 2.45) is 0 Å². The topological polar surface area (TPSA) is 108 Å². The molecular formula is C22H19N3O4S2. The van der Waals surface area contributed by atoms with Crippen molar-refractivity contribution in [3.63, 3.8) is 0 Å². The van der Waals surface area contributed by atoms with Gasteiger partial charge in [0.1, 0.15) is 5.25 Å². The van der Waals surface area contributed by atoms with E-state index in [0.29, 0.717) is 10.8 Å². The number of amides is 2. The molecule has 0 saturated carbocycles. The van der Waals surface area contributed by atoms with Crippen LogP contribution in [0.5, 0.6) is 0 Å². The number of thioether (sulfide) groups is 1. The van der Waals surface area contributed by atoms with Gasteiger partial charge in [-0.1, -0.05) is 30.3 Å². The largest absolute Gasteiger partial charge is 0.478 e. The first-order valence-electron chi connectivity index (χ1n) is 9.17. The number of carboxylic acids is 1. The number of aromatic nitrogens is 1. The van der Waals surface area contributed by atoms with Gasteiger partial charge in [0, 0.05) is 33.8 Å². The van der Waals surface area contributed by atoms with Crippen LogP contribution in [0.3, 0.4) is 0 Å². The maximum absolute atomic E-state index is 12.9. The molecule has 0 fully saturated rings. The van der Waals surface area contributed by atoms with E-state index in [2.05, 4.69) is 15.6 Å². The van der Waals surface area contributed by atoms with Crippen LogP contribution in [0.1, 0.15) is 17.7 Å². The zero-order valence-corrected chi connectivity index (χ0v) is 18.1. The van der Waals surface area contributed by atoms with Gasteiger partial charge >= 0.3 is 5.97 Å². The predicted octanol–water partition coefficient (Wildman–Crippen LogP) is 4.58. The van der Waals surface area contributed by atoms with Crippen molar-refractivity contribution in [3.8, 4) is 0 Å². The van der Waals surface area contributed by atoms with Gasteiger partial charge in [0.2, 0.25) is 11.8 Å². The predicted molar refractivity (Wildman–Crippen MR) is 122 cm³/mol. The smallest absolute Gasteiger partial charge is 0.331 e. The molecule has 3 aromatic rings. The number of aliphatic carboxylic acids is 1. The SMILES string of the molecule is C/C(=C/C(=O)Nc1ccc(S[C@@H](C(=O)Nc2nccs2)c2ccccc2)cc1)C(=O)O. The van der Waals surface area contributed by atoms with Crippen LogP contribution in [0, 0.1) is 0 Å². The van der Waals surface area contributed by atoms with Crippen LogP contribution < -0.4 is 10.6 Å². The Labute approximate surface area is 187 Å². The number of rotatable bonds is 8. The van der Waals surface area contributed by atoms with E-state index in [1.807, 2.05) is 30.3 Å². The molecule has 31 heavy (non-hydrogen) atoms. The summed E-state index contributed by atoms with van der Waals surface area (Å²) >= 11 is 2.73. The standard InChI is InChI=1S/C22H19N3O4S2/c1-14(21(28)29)13-18(26)24-16-7-9-17(10-8-16)31-19(15-5-3-2-4-6-15)20(27)25-22-23-11-12-30-22/h2-13,19H,1H3,(H,24,26)(H,28,29)(H,23,25,27)/b14-13-/t19-/m1/s1. The number of anilines is 2. The third-order valence-electron chi connectivity index (χ3n) is 4.06. The Morgan fingerprint density at radius 2 is 1.77 bits per heavy atom. The van der Waals surface area contributed by atoms with Crippen molar-refractivity contribution < 1.29 is 19.5 Å². The third-order valence-corrected chi connectivity index (χ3v) is 6.02. The van der Waals surface area contributed by atoms with E-state index < -0.39 is 17.1 Å². The summed E-state index contributed by atoms with van der Waals surface area (Å²) in [6.07, 6.45) is 2.66. The highest BCUT2D eigenvalue weighted by Crippen LogP contribution is 2.36. The van der Waals surface area contributed by atoms with Crippen LogP contribution in [0.25, 0.3) is 0 Å². The molecule has 0 spiro atoms. The fourth-order valence-corrected chi connectivity index (χ4v) is 4.10. The molecule has 158 valence electrons. The van der Waals surface area contributed by atoms with Gasteiger partial charge in [-0.2, -0.15) is 0 Å². The summed E-state index contributed by atoms with van der Waals surface area (Å²) in [7, 11) is 0. The molecule has 3 rings (SSSR count). The minimum atomic E-state index is -1.15. The molecule has 7 nitrogen and oxygen atoms in total. The highest BCUT2D eigenvalue weighted by atomic mass is 32.2. The van der Waals surface area contributed by atoms with Crippen LogP contribution in [0.4, 0.5) is 10.8 Å². The lowest BCUT2D eigenvalue weighted by atomic mass is 10.1. The number of carbonyl (C=O) groups is 3. The molecule has 3 N–H and O–H groups in total. The maximum Gasteiger partial charge on any atom is 0.331 e. The number of carbonyl (C=O) groups excluding carboxylic acids is 2. The molecule has 1 atom stereocenters. The molecule has 0 radical (unpaired) electrons. The number of hydrogen-bond acceptors (Lipinski definition) is 6. The summed E-state index contributed by atoms with van der Waals surface area (Å²) in [5.41, 5.74) is 1.32. The second kappa shape index (κ2) is 10.6. The van der Waals surface area contributed by atoms with E-state index >= 15 is 0 Å². The minimum absolute atomic E-state index is 0.0541. The average Bonchev–Trinajstić information content (AvgIpc) is 3.26. The van der Waals surface area contributed by atoms with E-state index in [4.69, 9.17) is 5.11 Å². The van der Waals surface area contributed by atoms with Crippen LogP contribution >= 0.6 is 23.1 Å². The summed E-state index contributed by atoms with van der Waals surface area (Å²) in [6, 6.07) is 16.4.